The van der Waals surface area contributed by atoms with Gasteiger partial charge < -0.3 is 24.3 Å². The first-order chi connectivity index (χ1) is 14.9. The lowest BCUT2D eigenvalue weighted by molar-refractivity contribution is 0.198. The van der Waals surface area contributed by atoms with E-state index in [1.165, 1.54) is 16.7 Å². The molecule has 0 saturated heterocycles. The Morgan fingerprint density at radius 1 is 0.844 bits per heavy atom. The van der Waals surface area contributed by atoms with Crippen molar-refractivity contribution < 1.29 is 18.9 Å². The summed E-state index contributed by atoms with van der Waals surface area (Å²) in [5.74, 6) is 3.26. The first-order valence-electron chi connectivity index (χ1n) is 11.5. The van der Waals surface area contributed by atoms with E-state index in [0.29, 0.717) is 13.2 Å². The summed E-state index contributed by atoms with van der Waals surface area (Å²) in [5, 5.41) is 3.69. The molecule has 0 aliphatic carbocycles. The van der Waals surface area contributed by atoms with Crippen LogP contribution in [0.15, 0.2) is 30.3 Å². The quantitative estimate of drug-likeness (QED) is 0.474. The van der Waals surface area contributed by atoms with Crippen molar-refractivity contribution >= 4 is 12.4 Å². The van der Waals surface area contributed by atoms with Crippen molar-refractivity contribution in [2.45, 2.75) is 72.6 Å². The third-order valence-corrected chi connectivity index (χ3v) is 5.14. The summed E-state index contributed by atoms with van der Waals surface area (Å²) in [6.07, 6.45) is 2.04. The number of fused-ring (bicyclic) bond motifs is 1. The molecule has 2 aromatic carbocycles. The van der Waals surface area contributed by atoms with E-state index >= 15 is 0 Å². The molecular formula is C26H38ClNO4. The lowest BCUT2D eigenvalue weighted by atomic mass is 9.89. The van der Waals surface area contributed by atoms with Crippen molar-refractivity contribution in [1.29, 1.82) is 0 Å². The van der Waals surface area contributed by atoms with Crippen molar-refractivity contribution in [2.75, 3.05) is 19.8 Å². The Morgan fingerprint density at radius 2 is 1.47 bits per heavy atom. The Bertz CT molecular complexity index is 869. The standard InChI is InChI=1S/C26H37NO4.ClH/c1-7-28-23-10-9-19(14-24(23)29-8-2)13-22-21-16-26(31-18(5)6)25(30-17(3)4)15-20(21)11-12-27-22;/h9-10,14-18,22,27H,7-8,11-13H2,1-6H3;1H. The Kier molecular flexibility index (Phi) is 9.98. The number of hydrogen-bond acceptors (Lipinski definition) is 5. The van der Waals surface area contributed by atoms with Crippen LogP contribution in [0.3, 0.4) is 0 Å². The molecule has 0 aromatic heterocycles. The van der Waals surface area contributed by atoms with Gasteiger partial charge in [-0.05, 0) is 102 Å². The molecule has 178 valence electrons. The van der Waals surface area contributed by atoms with Gasteiger partial charge in [-0.15, -0.1) is 12.4 Å². The second kappa shape index (κ2) is 12.2. The zero-order chi connectivity index (χ0) is 22.4. The summed E-state index contributed by atoms with van der Waals surface area (Å²) in [5.41, 5.74) is 3.82. The van der Waals surface area contributed by atoms with Crippen molar-refractivity contribution in [3.8, 4) is 23.0 Å². The highest BCUT2D eigenvalue weighted by Gasteiger charge is 2.24. The number of hydrogen-bond donors (Lipinski definition) is 1. The van der Waals surface area contributed by atoms with Gasteiger partial charge in [-0.1, -0.05) is 6.07 Å². The normalized spacial score (nSPS) is 15.2. The molecule has 0 fully saturated rings. The number of nitrogens with one attached hydrogen (secondary N) is 1. The lowest BCUT2D eigenvalue weighted by Crippen LogP contribution is -2.31. The summed E-state index contributed by atoms with van der Waals surface area (Å²) in [6.45, 7) is 14.3. The van der Waals surface area contributed by atoms with E-state index in [4.69, 9.17) is 18.9 Å². The molecule has 0 amide bonds. The zero-order valence-electron chi connectivity index (χ0n) is 20.2. The average Bonchev–Trinajstić information content (AvgIpc) is 2.70. The van der Waals surface area contributed by atoms with Crippen LogP contribution in [0, 0.1) is 0 Å². The van der Waals surface area contributed by atoms with Crippen LogP contribution in [0.25, 0.3) is 0 Å². The summed E-state index contributed by atoms with van der Waals surface area (Å²) >= 11 is 0. The number of rotatable bonds is 10. The van der Waals surface area contributed by atoms with Crippen LogP contribution in [-0.2, 0) is 12.8 Å². The van der Waals surface area contributed by atoms with Gasteiger partial charge in [0.2, 0.25) is 0 Å². The average molecular weight is 464 g/mol. The molecule has 1 heterocycles. The largest absolute Gasteiger partial charge is 0.490 e. The smallest absolute Gasteiger partial charge is 0.161 e. The van der Waals surface area contributed by atoms with Gasteiger partial charge in [0.05, 0.1) is 25.4 Å². The number of ether oxygens (including phenoxy) is 4. The molecule has 6 heteroatoms. The zero-order valence-corrected chi connectivity index (χ0v) is 21.0. The fraction of sp³-hybridized carbons (Fsp3) is 0.538. The van der Waals surface area contributed by atoms with E-state index < -0.39 is 0 Å². The summed E-state index contributed by atoms with van der Waals surface area (Å²) < 4.78 is 23.7. The van der Waals surface area contributed by atoms with Gasteiger partial charge in [0, 0.05) is 6.04 Å². The second-order valence-corrected chi connectivity index (χ2v) is 8.44. The fourth-order valence-electron chi connectivity index (χ4n) is 3.98. The van der Waals surface area contributed by atoms with Crippen LogP contribution in [0.2, 0.25) is 0 Å². The Balaban J connectivity index is 0.00000363. The van der Waals surface area contributed by atoms with Crippen LogP contribution in [0.5, 0.6) is 23.0 Å². The van der Waals surface area contributed by atoms with E-state index in [9.17, 15) is 0 Å². The first kappa shape index (κ1) is 26.1. The fourth-order valence-corrected chi connectivity index (χ4v) is 3.98. The minimum absolute atomic E-state index is 0. The van der Waals surface area contributed by atoms with E-state index in [2.05, 4.69) is 29.6 Å². The van der Waals surface area contributed by atoms with Crippen LogP contribution in [-0.4, -0.2) is 32.0 Å². The molecule has 0 bridgehead atoms. The minimum Gasteiger partial charge on any atom is -0.490 e. The first-order valence-corrected chi connectivity index (χ1v) is 11.5. The Hall–Kier alpha value is -2.11. The third-order valence-electron chi connectivity index (χ3n) is 5.14. The maximum absolute atomic E-state index is 6.12. The van der Waals surface area contributed by atoms with Crippen LogP contribution < -0.4 is 24.3 Å². The summed E-state index contributed by atoms with van der Waals surface area (Å²) in [7, 11) is 0. The predicted octanol–water partition coefficient (Wildman–Crippen LogP) is 5.91. The van der Waals surface area contributed by atoms with Crippen LogP contribution >= 0.6 is 12.4 Å². The molecule has 1 unspecified atom stereocenters. The SMILES string of the molecule is CCOc1ccc(CC2NCCc3cc(OC(C)C)c(OC(C)C)cc32)cc1OCC.Cl. The highest BCUT2D eigenvalue weighted by atomic mass is 35.5. The van der Waals surface area contributed by atoms with Crippen LogP contribution in [0.4, 0.5) is 0 Å². The predicted molar refractivity (Wildman–Crippen MR) is 132 cm³/mol. The van der Waals surface area contributed by atoms with E-state index in [1.54, 1.807) is 0 Å². The van der Waals surface area contributed by atoms with E-state index in [-0.39, 0.29) is 30.7 Å². The van der Waals surface area contributed by atoms with Gasteiger partial charge >= 0.3 is 0 Å². The lowest BCUT2D eigenvalue weighted by Gasteiger charge is -2.29. The van der Waals surface area contributed by atoms with Gasteiger partial charge in [-0.3, -0.25) is 0 Å². The van der Waals surface area contributed by atoms with Gasteiger partial charge in [0.1, 0.15) is 0 Å². The maximum atomic E-state index is 6.12. The number of halogens is 1. The second-order valence-electron chi connectivity index (χ2n) is 8.44. The van der Waals surface area contributed by atoms with E-state index in [1.807, 2.05) is 47.6 Å². The van der Waals surface area contributed by atoms with Crippen molar-refractivity contribution in [3.63, 3.8) is 0 Å². The molecule has 2 aromatic rings. The minimum atomic E-state index is 0. The monoisotopic (exact) mass is 463 g/mol. The van der Waals surface area contributed by atoms with E-state index in [0.717, 1.165) is 42.4 Å². The molecule has 0 saturated carbocycles. The topological polar surface area (TPSA) is 49.0 Å². The Morgan fingerprint density at radius 3 is 2.09 bits per heavy atom. The molecule has 0 spiro atoms. The molecule has 5 nitrogen and oxygen atoms in total. The summed E-state index contributed by atoms with van der Waals surface area (Å²) in [4.78, 5) is 0. The Labute approximate surface area is 199 Å². The third kappa shape index (κ3) is 6.69. The molecule has 1 N–H and O–H groups in total. The maximum Gasteiger partial charge on any atom is 0.161 e. The van der Waals surface area contributed by atoms with Crippen molar-refractivity contribution in [1.82, 2.24) is 5.32 Å². The van der Waals surface area contributed by atoms with Gasteiger partial charge in [0.25, 0.3) is 0 Å². The van der Waals surface area contributed by atoms with Gasteiger partial charge in [0.15, 0.2) is 23.0 Å². The summed E-state index contributed by atoms with van der Waals surface area (Å²) in [6, 6.07) is 10.8. The molecule has 1 aliphatic rings. The molecule has 32 heavy (non-hydrogen) atoms. The van der Waals surface area contributed by atoms with Crippen molar-refractivity contribution in [3.05, 3.63) is 47.0 Å². The number of benzene rings is 2. The van der Waals surface area contributed by atoms with Gasteiger partial charge in [-0.25, -0.2) is 0 Å². The van der Waals surface area contributed by atoms with Crippen molar-refractivity contribution in [2.24, 2.45) is 0 Å². The molecule has 1 aliphatic heterocycles. The molecular weight excluding hydrogens is 426 g/mol. The highest BCUT2D eigenvalue weighted by molar-refractivity contribution is 5.85. The van der Waals surface area contributed by atoms with Crippen LogP contribution in [0.1, 0.15) is 64.3 Å². The molecule has 0 radical (unpaired) electrons. The molecule has 3 rings (SSSR count). The molecule has 1 atom stereocenters. The van der Waals surface area contributed by atoms with Gasteiger partial charge in [-0.2, -0.15) is 0 Å². The highest BCUT2D eigenvalue weighted by Crippen LogP contribution is 2.38.